The summed E-state index contributed by atoms with van der Waals surface area (Å²) in [5.41, 5.74) is 1.67. The molecule has 0 atom stereocenters. The van der Waals surface area contributed by atoms with Crippen molar-refractivity contribution in [3.63, 3.8) is 0 Å². The smallest absolute Gasteiger partial charge is 0.189 e. The summed E-state index contributed by atoms with van der Waals surface area (Å²) in [6.45, 7) is 1.75. The number of aryl methyl sites for hydroxylation is 1. The monoisotopic (exact) mass is 244 g/mol. The molecule has 0 saturated heterocycles. The number of hydrogen-bond acceptors (Lipinski definition) is 2. The van der Waals surface area contributed by atoms with Crippen molar-refractivity contribution >= 4 is 0 Å². The maximum Gasteiger partial charge on any atom is 0.189 e. The molecule has 0 aliphatic rings. The van der Waals surface area contributed by atoms with Gasteiger partial charge in [0.1, 0.15) is 11.6 Å². The fourth-order valence-electron chi connectivity index (χ4n) is 1.82. The van der Waals surface area contributed by atoms with Crippen LogP contribution in [0.5, 0.6) is 5.75 Å². The van der Waals surface area contributed by atoms with Crippen molar-refractivity contribution in [2.75, 3.05) is 7.11 Å². The molecule has 0 aliphatic heterocycles. The lowest BCUT2D eigenvalue weighted by atomic mass is 10.0. The van der Waals surface area contributed by atoms with Crippen molar-refractivity contribution in [2.45, 2.75) is 6.92 Å². The molecule has 2 rings (SSSR count). The Balaban J connectivity index is 2.74. The molecular formula is C15H13FO2. The van der Waals surface area contributed by atoms with Crippen LogP contribution in [-0.4, -0.2) is 7.11 Å². The molecule has 0 N–H and O–H groups in total. The lowest BCUT2D eigenvalue weighted by Gasteiger charge is -2.07. The van der Waals surface area contributed by atoms with E-state index in [0.29, 0.717) is 22.4 Å². The van der Waals surface area contributed by atoms with Crippen molar-refractivity contribution in [3.8, 4) is 16.9 Å². The fourth-order valence-corrected chi connectivity index (χ4v) is 1.82. The van der Waals surface area contributed by atoms with Gasteiger partial charge in [-0.2, -0.15) is 0 Å². The normalized spacial score (nSPS) is 10.2. The van der Waals surface area contributed by atoms with Gasteiger partial charge < -0.3 is 4.74 Å². The van der Waals surface area contributed by atoms with Crippen LogP contribution in [0.1, 0.15) is 5.56 Å². The van der Waals surface area contributed by atoms with Crippen LogP contribution >= 0.6 is 0 Å². The first kappa shape index (κ1) is 12.3. The molecule has 0 aliphatic carbocycles. The number of methoxy groups -OCH3 is 1. The number of ether oxygens (including phenoxy) is 1. The number of halogens is 1. The van der Waals surface area contributed by atoms with Crippen LogP contribution in [0.25, 0.3) is 11.1 Å². The van der Waals surface area contributed by atoms with Gasteiger partial charge in [0.25, 0.3) is 0 Å². The molecule has 0 heterocycles. The summed E-state index contributed by atoms with van der Waals surface area (Å²) in [6.07, 6.45) is 0. The maximum absolute atomic E-state index is 13.1. The average Bonchev–Trinajstić information content (AvgIpc) is 2.53. The Bertz CT molecular complexity index is 636. The highest BCUT2D eigenvalue weighted by Gasteiger charge is 2.10. The fraction of sp³-hybridized carbons (Fsp3) is 0.133. The second-order valence-corrected chi connectivity index (χ2v) is 3.99. The average molecular weight is 244 g/mol. The van der Waals surface area contributed by atoms with Crippen LogP contribution in [0.4, 0.5) is 4.39 Å². The van der Waals surface area contributed by atoms with E-state index >= 15 is 0 Å². The van der Waals surface area contributed by atoms with E-state index in [4.69, 9.17) is 4.74 Å². The standard InChI is InChI=1S/C15H13FO2/c1-10-5-3-4-6-13(15(10)17)12-8-7-11(16)9-14(12)18-2/h3-9H,1-2H3. The summed E-state index contributed by atoms with van der Waals surface area (Å²) in [6, 6.07) is 11.2. The van der Waals surface area contributed by atoms with Gasteiger partial charge in [0.2, 0.25) is 0 Å². The lowest BCUT2D eigenvalue weighted by Crippen LogP contribution is -2.05. The molecule has 0 bridgehead atoms. The molecule has 2 aromatic rings. The minimum Gasteiger partial charge on any atom is -0.496 e. The summed E-state index contributed by atoms with van der Waals surface area (Å²) in [4.78, 5) is 12.2. The Morgan fingerprint density at radius 2 is 1.78 bits per heavy atom. The molecular weight excluding hydrogens is 231 g/mol. The first-order valence-corrected chi connectivity index (χ1v) is 5.57. The Kier molecular flexibility index (Phi) is 3.42. The minimum atomic E-state index is -0.389. The van der Waals surface area contributed by atoms with E-state index in [0.717, 1.165) is 0 Å². The molecule has 2 aromatic carbocycles. The Hall–Kier alpha value is -2.16. The summed E-state index contributed by atoms with van der Waals surface area (Å²) in [5.74, 6) is -0.0298. The Morgan fingerprint density at radius 3 is 2.50 bits per heavy atom. The van der Waals surface area contributed by atoms with Crippen molar-refractivity contribution in [1.82, 2.24) is 0 Å². The van der Waals surface area contributed by atoms with Crippen LogP contribution in [0, 0.1) is 12.7 Å². The van der Waals surface area contributed by atoms with Gasteiger partial charge in [-0.1, -0.05) is 24.3 Å². The molecule has 0 spiro atoms. The molecule has 0 aromatic heterocycles. The van der Waals surface area contributed by atoms with Crippen LogP contribution in [0.2, 0.25) is 0 Å². The van der Waals surface area contributed by atoms with Crippen LogP contribution < -0.4 is 10.2 Å². The predicted octanol–water partition coefficient (Wildman–Crippen LogP) is 3.17. The third-order valence-electron chi connectivity index (χ3n) is 2.78. The van der Waals surface area contributed by atoms with Gasteiger partial charge in [0, 0.05) is 17.2 Å². The number of rotatable bonds is 2. The highest BCUT2D eigenvalue weighted by molar-refractivity contribution is 5.70. The zero-order chi connectivity index (χ0) is 13.1. The SMILES string of the molecule is COc1cc(F)ccc1-c1ccccc(C)c1=O. The van der Waals surface area contributed by atoms with Gasteiger partial charge in [-0.25, -0.2) is 4.39 Å². The minimum absolute atomic E-state index is 0.0788. The van der Waals surface area contributed by atoms with Gasteiger partial charge in [0.05, 0.1) is 7.11 Å². The highest BCUT2D eigenvalue weighted by Crippen LogP contribution is 2.28. The van der Waals surface area contributed by atoms with E-state index in [1.807, 2.05) is 0 Å². The van der Waals surface area contributed by atoms with Crippen LogP contribution in [0.3, 0.4) is 0 Å². The van der Waals surface area contributed by atoms with Gasteiger partial charge in [-0.3, -0.25) is 4.79 Å². The zero-order valence-corrected chi connectivity index (χ0v) is 10.2. The summed E-state index contributed by atoms with van der Waals surface area (Å²) in [7, 11) is 1.46. The quantitative estimate of drug-likeness (QED) is 0.811. The van der Waals surface area contributed by atoms with Gasteiger partial charge in [-0.05, 0) is 24.6 Å². The summed E-state index contributed by atoms with van der Waals surface area (Å²) in [5, 5.41) is 0. The molecule has 2 nitrogen and oxygen atoms in total. The third kappa shape index (κ3) is 2.25. The third-order valence-corrected chi connectivity index (χ3v) is 2.78. The highest BCUT2D eigenvalue weighted by atomic mass is 19.1. The summed E-state index contributed by atoms with van der Waals surface area (Å²) >= 11 is 0. The second-order valence-electron chi connectivity index (χ2n) is 3.99. The van der Waals surface area contributed by atoms with Gasteiger partial charge in [-0.15, -0.1) is 0 Å². The molecule has 18 heavy (non-hydrogen) atoms. The number of hydrogen-bond donors (Lipinski definition) is 0. The van der Waals surface area contributed by atoms with E-state index < -0.39 is 0 Å². The first-order valence-electron chi connectivity index (χ1n) is 5.57. The van der Waals surface area contributed by atoms with Crippen molar-refractivity contribution in [1.29, 1.82) is 0 Å². The summed E-state index contributed by atoms with van der Waals surface area (Å²) < 4.78 is 18.3. The Labute approximate surface area is 105 Å². The van der Waals surface area contributed by atoms with Crippen molar-refractivity contribution < 1.29 is 9.13 Å². The second kappa shape index (κ2) is 5.00. The zero-order valence-electron chi connectivity index (χ0n) is 10.2. The van der Waals surface area contributed by atoms with E-state index in [2.05, 4.69) is 0 Å². The largest absolute Gasteiger partial charge is 0.496 e. The van der Waals surface area contributed by atoms with Gasteiger partial charge >= 0.3 is 0 Å². The molecule has 0 fully saturated rings. The van der Waals surface area contributed by atoms with E-state index in [1.54, 1.807) is 37.3 Å². The maximum atomic E-state index is 13.1. The van der Waals surface area contributed by atoms with Crippen molar-refractivity contribution in [2.24, 2.45) is 0 Å². The topological polar surface area (TPSA) is 26.3 Å². The molecule has 0 unspecified atom stereocenters. The van der Waals surface area contributed by atoms with Crippen molar-refractivity contribution in [3.05, 3.63) is 64.1 Å². The van der Waals surface area contributed by atoms with E-state index in [1.165, 1.54) is 19.2 Å². The first-order chi connectivity index (χ1) is 8.63. The van der Waals surface area contributed by atoms with Crippen LogP contribution in [0.15, 0.2) is 47.3 Å². The van der Waals surface area contributed by atoms with E-state index in [9.17, 15) is 9.18 Å². The van der Waals surface area contributed by atoms with Crippen LogP contribution in [-0.2, 0) is 0 Å². The van der Waals surface area contributed by atoms with Gasteiger partial charge in [0.15, 0.2) is 5.43 Å². The Morgan fingerprint density at radius 1 is 1.06 bits per heavy atom. The molecule has 3 heteroatoms. The predicted molar refractivity (Wildman–Crippen MR) is 69.4 cm³/mol. The molecule has 0 amide bonds. The molecule has 92 valence electrons. The molecule has 0 radical (unpaired) electrons. The molecule has 0 saturated carbocycles. The number of benzene rings is 1. The lowest BCUT2D eigenvalue weighted by molar-refractivity contribution is 0.413. The van der Waals surface area contributed by atoms with E-state index in [-0.39, 0.29) is 11.2 Å².